The lowest BCUT2D eigenvalue weighted by atomic mass is 10.1. The van der Waals surface area contributed by atoms with Crippen molar-refractivity contribution in [2.75, 3.05) is 5.32 Å². The number of amides is 1. The summed E-state index contributed by atoms with van der Waals surface area (Å²) in [4.78, 5) is 12.7. The maximum atomic E-state index is 12.7. The molecule has 0 saturated heterocycles. The van der Waals surface area contributed by atoms with Crippen molar-refractivity contribution in [1.82, 2.24) is 5.16 Å². The summed E-state index contributed by atoms with van der Waals surface area (Å²) in [5.41, 5.74) is 1.63. The van der Waals surface area contributed by atoms with Gasteiger partial charge in [-0.05, 0) is 43.3 Å². The standard InChI is InChI=1S/C17H11Cl3N2O2/c1-9-14(17(23)21-11-7-5-10(18)6-8-11)16(22-24-9)15-12(19)3-2-4-13(15)20/h2-8H,1H3,(H,21,23). The number of aryl methyl sites for hydroxylation is 1. The Morgan fingerprint density at radius 1 is 1.04 bits per heavy atom. The Hall–Kier alpha value is -2.01. The lowest BCUT2D eigenvalue weighted by molar-refractivity contribution is 0.102. The van der Waals surface area contributed by atoms with E-state index in [4.69, 9.17) is 39.3 Å². The summed E-state index contributed by atoms with van der Waals surface area (Å²) in [5.74, 6) is -0.00508. The summed E-state index contributed by atoms with van der Waals surface area (Å²) < 4.78 is 5.19. The van der Waals surface area contributed by atoms with E-state index in [9.17, 15) is 4.79 Å². The van der Waals surface area contributed by atoms with Gasteiger partial charge in [0, 0.05) is 16.3 Å². The first-order valence-electron chi connectivity index (χ1n) is 6.95. The number of nitrogens with one attached hydrogen (secondary N) is 1. The van der Waals surface area contributed by atoms with E-state index in [0.717, 1.165) is 0 Å². The molecule has 0 bridgehead atoms. The number of aromatic nitrogens is 1. The Balaban J connectivity index is 2.01. The van der Waals surface area contributed by atoms with Crippen LogP contribution in [0.1, 0.15) is 16.1 Å². The average molecular weight is 382 g/mol. The quantitative estimate of drug-likeness (QED) is 0.618. The van der Waals surface area contributed by atoms with E-state index in [0.29, 0.717) is 37.8 Å². The normalized spacial score (nSPS) is 10.7. The van der Waals surface area contributed by atoms with E-state index >= 15 is 0 Å². The summed E-state index contributed by atoms with van der Waals surface area (Å²) in [6, 6.07) is 11.8. The van der Waals surface area contributed by atoms with Crippen LogP contribution in [0, 0.1) is 6.92 Å². The predicted octanol–water partition coefficient (Wildman–Crippen LogP) is 5.86. The Labute approximate surface area is 153 Å². The minimum Gasteiger partial charge on any atom is -0.360 e. The van der Waals surface area contributed by atoms with Crippen LogP contribution in [-0.2, 0) is 0 Å². The lowest BCUT2D eigenvalue weighted by Gasteiger charge is -2.08. The van der Waals surface area contributed by atoms with Gasteiger partial charge in [-0.3, -0.25) is 4.79 Å². The zero-order valence-electron chi connectivity index (χ0n) is 12.4. The molecule has 0 aliphatic heterocycles. The molecule has 0 aliphatic rings. The van der Waals surface area contributed by atoms with E-state index < -0.39 is 0 Å². The highest BCUT2D eigenvalue weighted by Gasteiger charge is 2.24. The van der Waals surface area contributed by atoms with Gasteiger partial charge in [0.05, 0.1) is 10.0 Å². The maximum Gasteiger partial charge on any atom is 0.261 e. The van der Waals surface area contributed by atoms with E-state index in [1.807, 2.05) is 0 Å². The van der Waals surface area contributed by atoms with Gasteiger partial charge < -0.3 is 9.84 Å². The van der Waals surface area contributed by atoms with E-state index in [2.05, 4.69) is 10.5 Å². The summed E-state index contributed by atoms with van der Waals surface area (Å²) in [7, 11) is 0. The number of hydrogen-bond acceptors (Lipinski definition) is 3. The molecule has 1 amide bonds. The fourth-order valence-corrected chi connectivity index (χ4v) is 2.96. The van der Waals surface area contributed by atoms with Gasteiger partial charge >= 0.3 is 0 Å². The molecule has 0 saturated carbocycles. The van der Waals surface area contributed by atoms with Gasteiger partial charge in [0.25, 0.3) is 5.91 Å². The highest BCUT2D eigenvalue weighted by Crippen LogP contribution is 2.36. The second-order valence-electron chi connectivity index (χ2n) is 5.02. The zero-order chi connectivity index (χ0) is 17.3. The van der Waals surface area contributed by atoms with Crippen molar-refractivity contribution in [3.05, 3.63) is 68.9 Å². The Bertz CT molecular complexity index is 884. The monoisotopic (exact) mass is 380 g/mol. The van der Waals surface area contributed by atoms with Crippen molar-refractivity contribution in [2.45, 2.75) is 6.92 Å². The number of halogens is 3. The predicted molar refractivity (Wildman–Crippen MR) is 96.1 cm³/mol. The topological polar surface area (TPSA) is 55.1 Å². The van der Waals surface area contributed by atoms with Gasteiger partial charge in [-0.1, -0.05) is 46.0 Å². The molecule has 2 aromatic carbocycles. The van der Waals surface area contributed by atoms with Crippen molar-refractivity contribution in [3.63, 3.8) is 0 Å². The van der Waals surface area contributed by atoms with Crippen LogP contribution in [0.3, 0.4) is 0 Å². The highest BCUT2D eigenvalue weighted by molar-refractivity contribution is 6.39. The van der Waals surface area contributed by atoms with Crippen LogP contribution in [0.25, 0.3) is 11.3 Å². The number of carbonyl (C=O) groups is 1. The van der Waals surface area contributed by atoms with Gasteiger partial charge in [0.1, 0.15) is 17.0 Å². The van der Waals surface area contributed by atoms with Crippen LogP contribution in [0.2, 0.25) is 15.1 Å². The Morgan fingerprint density at radius 2 is 1.67 bits per heavy atom. The number of anilines is 1. The van der Waals surface area contributed by atoms with Crippen molar-refractivity contribution < 1.29 is 9.32 Å². The molecule has 0 atom stereocenters. The summed E-state index contributed by atoms with van der Waals surface area (Å²) in [6.07, 6.45) is 0. The first kappa shape index (κ1) is 16.8. The molecule has 1 N–H and O–H groups in total. The second kappa shape index (κ2) is 6.85. The van der Waals surface area contributed by atoms with E-state index in [1.165, 1.54) is 0 Å². The fraction of sp³-hybridized carbons (Fsp3) is 0.0588. The molecule has 1 aromatic heterocycles. The lowest BCUT2D eigenvalue weighted by Crippen LogP contribution is -2.13. The zero-order valence-corrected chi connectivity index (χ0v) is 14.7. The first-order valence-corrected chi connectivity index (χ1v) is 8.08. The molecule has 3 aromatic rings. The average Bonchev–Trinajstić information content (AvgIpc) is 2.91. The molecule has 24 heavy (non-hydrogen) atoms. The largest absolute Gasteiger partial charge is 0.360 e. The molecule has 0 unspecified atom stereocenters. The first-order chi connectivity index (χ1) is 11.5. The van der Waals surface area contributed by atoms with Gasteiger partial charge in [-0.25, -0.2) is 0 Å². The maximum absolute atomic E-state index is 12.7. The second-order valence-corrected chi connectivity index (χ2v) is 6.27. The highest BCUT2D eigenvalue weighted by atomic mass is 35.5. The molecular weight excluding hydrogens is 371 g/mol. The van der Waals surface area contributed by atoms with Crippen molar-refractivity contribution in [1.29, 1.82) is 0 Å². The molecule has 0 aliphatic carbocycles. The third kappa shape index (κ3) is 3.26. The van der Waals surface area contributed by atoms with Crippen molar-refractivity contribution in [2.24, 2.45) is 0 Å². The van der Waals surface area contributed by atoms with Gasteiger partial charge in [0.2, 0.25) is 0 Å². The summed E-state index contributed by atoms with van der Waals surface area (Å²) in [6.45, 7) is 1.65. The van der Waals surface area contributed by atoms with E-state index in [-0.39, 0.29) is 11.5 Å². The van der Waals surface area contributed by atoms with Crippen LogP contribution in [-0.4, -0.2) is 11.1 Å². The molecule has 1 heterocycles. The summed E-state index contributed by atoms with van der Waals surface area (Å²) in [5, 5.41) is 8.09. The molecule has 4 nitrogen and oxygen atoms in total. The van der Waals surface area contributed by atoms with Gasteiger partial charge in [0.15, 0.2) is 0 Å². The van der Waals surface area contributed by atoms with E-state index in [1.54, 1.807) is 49.4 Å². The third-order valence-corrected chi connectivity index (χ3v) is 4.27. The van der Waals surface area contributed by atoms with Crippen molar-refractivity contribution in [3.8, 4) is 11.3 Å². The fourth-order valence-electron chi connectivity index (χ4n) is 2.26. The molecular formula is C17H11Cl3N2O2. The van der Waals surface area contributed by atoms with Crippen LogP contribution in [0.4, 0.5) is 5.69 Å². The number of nitrogens with zero attached hydrogens (tertiary/aromatic N) is 1. The Kier molecular flexibility index (Phi) is 4.81. The third-order valence-electron chi connectivity index (χ3n) is 3.39. The molecule has 0 radical (unpaired) electrons. The van der Waals surface area contributed by atoms with Crippen LogP contribution in [0.5, 0.6) is 0 Å². The molecule has 3 rings (SSSR count). The SMILES string of the molecule is Cc1onc(-c2c(Cl)cccc2Cl)c1C(=O)Nc1ccc(Cl)cc1. The number of hydrogen-bond donors (Lipinski definition) is 1. The van der Waals surface area contributed by atoms with Crippen LogP contribution >= 0.6 is 34.8 Å². The minimum atomic E-state index is -0.373. The molecule has 0 fully saturated rings. The minimum absolute atomic E-state index is 0.278. The molecule has 7 heteroatoms. The number of benzene rings is 2. The van der Waals surface area contributed by atoms with Gasteiger partial charge in [-0.2, -0.15) is 0 Å². The van der Waals surface area contributed by atoms with Crippen LogP contribution < -0.4 is 5.32 Å². The smallest absolute Gasteiger partial charge is 0.261 e. The molecule has 122 valence electrons. The van der Waals surface area contributed by atoms with Crippen LogP contribution in [0.15, 0.2) is 47.0 Å². The van der Waals surface area contributed by atoms with Crippen molar-refractivity contribution >= 4 is 46.4 Å². The summed E-state index contributed by atoms with van der Waals surface area (Å²) >= 11 is 18.3. The number of rotatable bonds is 3. The molecule has 0 spiro atoms. The number of carbonyl (C=O) groups excluding carboxylic acids is 1. The Morgan fingerprint density at radius 3 is 2.29 bits per heavy atom. The van der Waals surface area contributed by atoms with Gasteiger partial charge in [-0.15, -0.1) is 0 Å².